The van der Waals surface area contributed by atoms with Crippen LogP contribution in [0.15, 0.2) is 24.3 Å². The number of likely N-dealkylation sites (N-methyl/N-ethyl adjacent to an activating group) is 1. The van der Waals surface area contributed by atoms with Crippen molar-refractivity contribution in [2.45, 2.75) is 45.8 Å². The number of hydrogen-bond donors (Lipinski definition) is 1. The van der Waals surface area contributed by atoms with E-state index in [2.05, 4.69) is 32.2 Å². The molecule has 1 N–H and O–H groups in total. The third-order valence-electron chi connectivity index (χ3n) is 3.21. The number of para-hydroxylation sites is 1. The van der Waals surface area contributed by atoms with Crippen LogP contribution in [-0.4, -0.2) is 26.4 Å². The average molecular weight is 265 g/mol. The first-order valence-corrected chi connectivity index (χ1v) is 7.20. The van der Waals surface area contributed by atoms with Crippen LogP contribution in [0.5, 0.6) is 5.75 Å². The van der Waals surface area contributed by atoms with Crippen LogP contribution in [0.1, 0.15) is 45.2 Å². The van der Waals surface area contributed by atoms with Crippen molar-refractivity contribution < 1.29 is 9.47 Å². The first-order chi connectivity index (χ1) is 9.22. The first-order valence-electron chi connectivity index (χ1n) is 7.20. The Morgan fingerprint density at radius 2 is 1.95 bits per heavy atom. The summed E-state index contributed by atoms with van der Waals surface area (Å²) < 4.78 is 11.4. The van der Waals surface area contributed by atoms with Crippen molar-refractivity contribution in [1.29, 1.82) is 0 Å². The van der Waals surface area contributed by atoms with Crippen LogP contribution in [0.25, 0.3) is 0 Å². The van der Waals surface area contributed by atoms with Gasteiger partial charge in [0.15, 0.2) is 0 Å². The number of nitrogens with one attached hydrogen (secondary N) is 1. The van der Waals surface area contributed by atoms with E-state index < -0.39 is 0 Å². The van der Waals surface area contributed by atoms with E-state index in [0.717, 1.165) is 30.7 Å². The molecule has 3 heteroatoms. The molecule has 0 bridgehead atoms. The topological polar surface area (TPSA) is 30.5 Å². The second-order valence-electron chi connectivity index (χ2n) is 4.78. The molecule has 108 valence electrons. The van der Waals surface area contributed by atoms with Gasteiger partial charge in [-0.05, 0) is 26.0 Å². The van der Waals surface area contributed by atoms with E-state index >= 15 is 0 Å². The summed E-state index contributed by atoms with van der Waals surface area (Å²) in [5.41, 5.74) is 1.16. The number of benzene rings is 1. The van der Waals surface area contributed by atoms with Gasteiger partial charge in [0.05, 0.1) is 25.9 Å². The van der Waals surface area contributed by atoms with Gasteiger partial charge in [-0.15, -0.1) is 0 Å². The van der Waals surface area contributed by atoms with Gasteiger partial charge in [0.25, 0.3) is 0 Å². The lowest BCUT2D eigenvalue weighted by molar-refractivity contribution is 0.0438. The van der Waals surface area contributed by atoms with E-state index in [-0.39, 0.29) is 6.04 Å². The first kappa shape index (κ1) is 16.0. The fourth-order valence-electron chi connectivity index (χ4n) is 2.21. The Hall–Kier alpha value is -1.06. The van der Waals surface area contributed by atoms with Crippen molar-refractivity contribution in [2.24, 2.45) is 0 Å². The SMILES string of the molecule is CCCC(C)OCC(NCC)c1ccccc1OC. The summed E-state index contributed by atoms with van der Waals surface area (Å²) in [7, 11) is 1.71. The molecule has 0 aliphatic carbocycles. The van der Waals surface area contributed by atoms with E-state index in [1.165, 1.54) is 0 Å². The molecule has 3 nitrogen and oxygen atoms in total. The highest BCUT2D eigenvalue weighted by atomic mass is 16.5. The molecule has 19 heavy (non-hydrogen) atoms. The predicted molar refractivity (Wildman–Crippen MR) is 79.7 cm³/mol. The minimum absolute atomic E-state index is 0.181. The molecule has 0 aliphatic rings. The molecule has 0 radical (unpaired) electrons. The van der Waals surface area contributed by atoms with Crippen LogP contribution >= 0.6 is 0 Å². The van der Waals surface area contributed by atoms with Crippen LogP contribution in [0.4, 0.5) is 0 Å². The van der Waals surface area contributed by atoms with Gasteiger partial charge in [-0.25, -0.2) is 0 Å². The van der Waals surface area contributed by atoms with Gasteiger partial charge in [0.1, 0.15) is 5.75 Å². The highest BCUT2D eigenvalue weighted by Gasteiger charge is 2.16. The average Bonchev–Trinajstić information content (AvgIpc) is 2.43. The Bertz CT molecular complexity index is 354. The highest BCUT2D eigenvalue weighted by Crippen LogP contribution is 2.25. The molecule has 0 spiro atoms. The van der Waals surface area contributed by atoms with Gasteiger partial charge in [0, 0.05) is 5.56 Å². The monoisotopic (exact) mass is 265 g/mol. The zero-order chi connectivity index (χ0) is 14.1. The smallest absolute Gasteiger partial charge is 0.123 e. The van der Waals surface area contributed by atoms with Crippen LogP contribution in [0, 0.1) is 0 Å². The maximum absolute atomic E-state index is 5.93. The summed E-state index contributed by atoms with van der Waals surface area (Å²) in [6.07, 6.45) is 2.56. The van der Waals surface area contributed by atoms with Crippen LogP contribution < -0.4 is 10.1 Å². The molecule has 0 saturated carbocycles. The fraction of sp³-hybridized carbons (Fsp3) is 0.625. The molecule has 1 rings (SSSR count). The van der Waals surface area contributed by atoms with E-state index in [0.29, 0.717) is 12.7 Å². The number of rotatable bonds is 9. The van der Waals surface area contributed by atoms with Gasteiger partial charge in [-0.1, -0.05) is 38.5 Å². The zero-order valence-corrected chi connectivity index (χ0v) is 12.6. The Morgan fingerprint density at radius 1 is 1.21 bits per heavy atom. The molecule has 0 fully saturated rings. The molecule has 0 saturated heterocycles. The van der Waals surface area contributed by atoms with Crippen molar-refractivity contribution >= 4 is 0 Å². The third-order valence-corrected chi connectivity index (χ3v) is 3.21. The van der Waals surface area contributed by atoms with E-state index in [1.807, 2.05) is 18.2 Å². The molecule has 0 aliphatic heterocycles. The van der Waals surface area contributed by atoms with E-state index in [9.17, 15) is 0 Å². The quantitative estimate of drug-likeness (QED) is 0.740. The lowest BCUT2D eigenvalue weighted by Gasteiger charge is -2.22. The molecule has 2 atom stereocenters. The lowest BCUT2D eigenvalue weighted by Crippen LogP contribution is -2.27. The molecule has 2 unspecified atom stereocenters. The van der Waals surface area contributed by atoms with Gasteiger partial charge in [0.2, 0.25) is 0 Å². The molecule has 0 aromatic heterocycles. The van der Waals surface area contributed by atoms with Crippen molar-refractivity contribution in [2.75, 3.05) is 20.3 Å². The molecule has 1 aromatic carbocycles. The Labute approximate surface area is 117 Å². The maximum Gasteiger partial charge on any atom is 0.123 e. The van der Waals surface area contributed by atoms with E-state index in [1.54, 1.807) is 7.11 Å². The minimum Gasteiger partial charge on any atom is -0.496 e. The van der Waals surface area contributed by atoms with Crippen molar-refractivity contribution in [3.63, 3.8) is 0 Å². The lowest BCUT2D eigenvalue weighted by atomic mass is 10.1. The minimum atomic E-state index is 0.181. The highest BCUT2D eigenvalue weighted by molar-refractivity contribution is 5.35. The second-order valence-corrected chi connectivity index (χ2v) is 4.78. The van der Waals surface area contributed by atoms with Crippen LogP contribution in [0.2, 0.25) is 0 Å². The summed E-state index contributed by atoms with van der Waals surface area (Å²) in [5, 5.41) is 3.47. The molecule has 1 aromatic rings. The fourth-order valence-corrected chi connectivity index (χ4v) is 2.21. The summed E-state index contributed by atoms with van der Waals surface area (Å²) in [4.78, 5) is 0. The summed E-state index contributed by atoms with van der Waals surface area (Å²) >= 11 is 0. The molecular formula is C16H27NO2. The van der Waals surface area contributed by atoms with Gasteiger partial charge in [-0.2, -0.15) is 0 Å². The zero-order valence-electron chi connectivity index (χ0n) is 12.6. The van der Waals surface area contributed by atoms with Crippen molar-refractivity contribution in [3.8, 4) is 5.75 Å². The van der Waals surface area contributed by atoms with E-state index in [4.69, 9.17) is 9.47 Å². The summed E-state index contributed by atoms with van der Waals surface area (Å²) in [6, 6.07) is 8.30. The third kappa shape index (κ3) is 5.21. The molecule has 0 amide bonds. The van der Waals surface area contributed by atoms with Crippen LogP contribution in [0.3, 0.4) is 0 Å². The predicted octanol–water partition coefficient (Wildman–Crippen LogP) is 3.55. The van der Waals surface area contributed by atoms with Crippen LogP contribution in [-0.2, 0) is 4.74 Å². The molecule has 0 heterocycles. The summed E-state index contributed by atoms with van der Waals surface area (Å²) in [5.74, 6) is 0.917. The number of hydrogen-bond acceptors (Lipinski definition) is 3. The standard InChI is InChI=1S/C16H27NO2/c1-5-9-13(3)19-12-15(17-6-2)14-10-7-8-11-16(14)18-4/h7-8,10-11,13,15,17H,5-6,9,12H2,1-4H3. The number of ether oxygens (including phenoxy) is 2. The van der Waals surface area contributed by atoms with Gasteiger partial charge in [-0.3, -0.25) is 0 Å². The van der Waals surface area contributed by atoms with Crippen molar-refractivity contribution in [3.05, 3.63) is 29.8 Å². The Kier molecular flexibility index (Phi) is 7.53. The van der Waals surface area contributed by atoms with Crippen molar-refractivity contribution in [1.82, 2.24) is 5.32 Å². The molecular weight excluding hydrogens is 238 g/mol. The maximum atomic E-state index is 5.93. The Balaban J connectivity index is 2.70. The Morgan fingerprint density at radius 3 is 2.58 bits per heavy atom. The normalized spacial score (nSPS) is 14.1. The largest absolute Gasteiger partial charge is 0.496 e. The van der Waals surface area contributed by atoms with Gasteiger partial charge < -0.3 is 14.8 Å². The number of methoxy groups -OCH3 is 1. The summed E-state index contributed by atoms with van der Waals surface area (Å²) in [6.45, 7) is 8.01. The van der Waals surface area contributed by atoms with Gasteiger partial charge >= 0.3 is 0 Å². The second kappa shape index (κ2) is 8.94.